The van der Waals surface area contributed by atoms with E-state index in [1.807, 2.05) is 25.1 Å². The van der Waals surface area contributed by atoms with Gasteiger partial charge >= 0.3 is 0 Å². The summed E-state index contributed by atoms with van der Waals surface area (Å²) in [5.41, 5.74) is 1.53. The third-order valence-corrected chi connectivity index (χ3v) is 2.88. The lowest BCUT2D eigenvalue weighted by Crippen LogP contribution is -2.12. The second-order valence-corrected chi connectivity index (χ2v) is 4.01. The number of carbonyl (C=O) groups excluding carboxylic acids is 1. The molecule has 3 nitrogen and oxygen atoms in total. The summed E-state index contributed by atoms with van der Waals surface area (Å²) in [4.78, 5) is 16.4. The maximum atomic E-state index is 12.1. The van der Waals surface area contributed by atoms with Crippen molar-refractivity contribution in [3.63, 3.8) is 0 Å². The van der Waals surface area contributed by atoms with Gasteiger partial charge in [-0.2, -0.15) is 0 Å². The smallest absolute Gasteiger partial charge is 0.263 e. The highest BCUT2D eigenvalue weighted by Crippen LogP contribution is 2.09. The molecule has 0 saturated heterocycles. The van der Waals surface area contributed by atoms with E-state index < -0.39 is 0 Å². The Hall–Kier alpha value is -0.940. The number of aromatic nitrogens is 2. The largest absolute Gasteiger partial charge is 0.269 e. The highest BCUT2D eigenvalue weighted by Gasteiger charge is 2.12. The Bertz CT molecular complexity index is 508. The van der Waals surface area contributed by atoms with Crippen LogP contribution in [0.5, 0.6) is 0 Å². The maximum absolute atomic E-state index is 12.1. The maximum Gasteiger partial charge on any atom is 0.263 e. The molecule has 1 aromatic heterocycles. The Balaban J connectivity index is 0.00000144. The molecule has 2 aromatic rings. The zero-order valence-corrected chi connectivity index (χ0v) is 12.6. The van der Waals surface area contributed by atoms with Crippen LogP contribution in [-0.2, 0) is 5.33 Å². The minimum absolute atomic E-state index is 0. The molecule has 0 aliphatic carbocycles. The number of halogens is 2. The molecule has 90 valence electrons. The Morgan fingerprint density at radius 2 is 2.00 bits per heavy atom. The molecule has 0 bridgehead atoms. The third kappa shape index (κ3) is 3.04. The molecular weight excluding hydrogens is 348 g/mol. The van der Waals surface area contributed by atoms with Crippen molar-refractivity contribution >= 4 is 38.8 Å². The van der Waals surface area contributed by atoms with E-state index in [4.69, 9.17) is 0 Å². The average Bonchev–Trinajstić information content (AvgIpc) is 2.71. The molecule has 0 saturated carbocycles. The van der Waals surface area contributed by atoms with Gasteiger partial charge in [0.2, 0.25) is 0 Å². The number of carbonyl (C=O) groups is 1. The molecule has 0 N–H and O–H groups in total. The zero-order chi connectivity index (χ0) is 11.5. The van der Waals surface area contributed by atoms with Crippen LogP contribution in [0.15, 0.2) is 36.5 Å². The predicted octanol–water partition coefficient (Wildman–Crippen LogP) is 3.35. The van der Waals surface area contributed by atoms with E-state index in [-0.39, 0.29) is 22.9 Å². The summed E-state index contributed by atoms with van der Waals surface area (Å²) in [7, 11) is 0. The van der Waals surface area contributed by atoms with E-state index in [0.29, 0.717) is 16.7 Å². The van der Waals surface area contributed by atoms with Crippen molar-refractivity contribution in [2.45, 2.75) is 12.3 Å². The first-order valence-electron chi connectivity index (χ1n) is 4.93. The lowest BCUT2D eigenvalue weighted by molar-refractivity contribution is 0.0957. The quantitative estimate of drug-likeness (QED) is 0.770. The first-order valence-corrected chi connectivity index (χ1v) is 6.05. The van der Waals surface area contributed by atoms with Gasteiger partial charge in [0.25, 0.3) is 5.91 Å². The lowest BCUT2D eigenvalue weighted by Gasteiger charge is -2.02. The van der Waals surface area contributed by atoms with Crippen molar-refractivity contribution < 1.29 is 4.79 Å². The molecule has 0 amide bonds. The van der Waals surface area contributed by atoms with Gasteiger partial charge in [-0.1, -0.05) is 34.1 Å². The molecule has 0 aliphatic heterocycles. The van der Waals surface area contributed by atoms with Gasteiger partial charge in [-0.15, -0.1) is 17.0 Å². The SMILES string of the molecule is Br.Cc1nc(CBr)cn1C(=O)c1ccccc1. The van der Waals surface area contributed by atoms with Crippen LogP contribution in [0, 0.1) is 6.92 Å². The van der Waals surface area contributed by atoms with Crippen molar-refractivity contribution in [3.05, 3.63) is 53.6 Å². The molecule has 0 fully saturated rings. The van der Waals surface area contributed by atoms with E-state index in [1.54, 1.807) is 22.9 Å². The summed E-state index contributed by atoms with van der Waals surface area (Å²) in [5.74, 6) is 0.668. The minimum Gasteiger partial charge on any atom is -0.269 e. The summed E-state index contributed by atoms with van der Waals surface area (Å²) in [6.45, 7) is 1.83. The monoisotopic (exact) mass is 358 g/mol. The van der Waals surface area contributed by atoms with E-state index in [9.17, 15) is 4.79 Å². The Morgan fingerprint density at radius 3 is 2.53 bits per heavy atom. The molecule has 0 atom stereocenters. The second-order valence-electron chi connectivity index (χ2n) is 3.45. The zero-order valence-electron chi connectivity index (χ0n) is 9.26. The number of hydrogen-bond donors (Lipinski definition) is 0. The van der Waals surface area contributed by atoms with Crippen molar-refractivity contribution in [3.8, 4) is 0 Å². The van der Waals surface area contributed by atoms with Gasteiger partial charge in [-0.3, -0.25) is 9.36 Å². The third-order valence-electron chi connectivity index (χ3n) is 2.31. The first-order chi connectivity index (χ1) is 7.72. The molecule has 1 aromatic carbocycles. The fraction of sp³-hybridized carbons (Fsp3) is 0.167. The standard InChI is InChI=1S/C12H11BrN2O.BrH/c1-9-14-11(7-13)8-15(9)12(16)10-5-3-2-4-6-10;/h2-6,8H,7H2,1H3;1H. The molecule has 0 aliphatic rings. The van der Waals surface area contributed by atoms with Gasteiger partial charge < -0.3 is 0 Å². The number of imidazole rings is 1. The number of alkyl halides is 1. The molecule has 1 heterocycles. The predicted molar refractivity (Wildman–Crippen MR) is 76.1 cm³/mol. The molecule has 0 unspecified atom stereocenters. The van der Waals surface area contributed by atoms with Gasteiger partial charge in [0.1, 0.15) is 5.82 Å². The Kier molecular flexibility index (Phi) is 5.08. The van der Waals surface area contributed by atoms with Crippen LogP contribution in [0.25, 0.3) is 0 Å². The van der Waals surface area contributed by atoms with Gasteiger partial charge in [0.05, 0.1) is 5.69 Å². The summed E-state index contributed by atoms with van der Waals surface area (Å²) < 4.78 is 1.58. The average molecular weight is 360 g/mol. The number of aryl methyl sites for hydroxylation is 1. The normalized spacial score (nSPS) is 9.76. The minimum atomic E-state index is -0.0437. The van der Waals surface area contributed by atoms with Crippen molar-refractivity contribution in [2.75, 3.05) is 0 Å². The number of hydrogen-bond acceptors (Lipinski definition) is 2. The van der Waals surface area contributed by atoms with Crippen LogP contribution in [0.2, 0.25) is 0 Å². The highest BCUT2D eigenvalue weighted by molar-refractivity contribution is 9.08. The first kappa shape index (κ1) is 14.1. The van der Waals surface area contributed by atoms with Gasteiger partial charge in [-0.05, 0) is 19.1 Å². The Labute approximate surface area is 119 Å². The molecular formula is C12H12Br2N2O. The fourth-order valence-corrected chi connectivity index (χ4v) is 1.79. The number of rotatable bonds is 2. The number of benzene rings is 1. The van der Waals surface area contributed by atoms with Crippen LogP contribution in [0.4, 0.5) is 0 Å². The van der Waals surface area contributed by atoms with Crippen LogP contribution < -0.4 is 0 Å². The second kappa shape index (κ2) is 6.12. The number of nitrogens with zero attached hydrogens (tertiary/aromatic N) is 2. The van der Waals surface area contributed by atoms with Gasteiger partial charge in [0, 0.05) is 17.1 Å². The van der Waals surface area contributed by atoms with E-state index >= 15 is 0 Å². The van der Waals surface area contributed by atoms with Crippen LogP contribution in [-0.4, -0.2) is 15.5 Å². The van der Waals surface area contributed by atoms with Crippen LogP contribution in [0.3, 0.4) is 0 Å². The Morgan fingerprint density at radius 1 is 1.35 bits per heavy atom. The molecule has 0 spiro atoms. The summed E-state index contributed by atoms with van der Waals surface area (Å²) >= 11 is 3.32. The van der Waals surface area contributed by atoms with E-state index in [0.717, 1.165) is 5.69 Å². The molecule has 17 heavy (non-hydrogen) atoms. The molecule has 2 rings (SSSR count). The van der Waals surface area contributed by atoms with E-state index in [1.165, 1.54) is 0 Å². The lowest BCUT2D eigenvalue weighted by atomic mass is 10.2. The van der Waals surface area contributed by atoms with Crippen LogP contribution in [0.1, 0.15) is 21.9 Å². The van der Waals surface area contributed by atoms with Crippen LogP contribution >= 0.6 is 32.9 Å². The molecule has 0 radical (unpaired) electrons. The van der Waals surface area contributed by atoms with Crippen molar-refractivity contribution in [1.82, 2.24) is 9.55 Å². The fourth-order valence-electron chi connectivity index (χ4n) is 1.52. The molecule has 5 heteroatoms. The topological polar surface area (TPSA) is 34.9 Å². The highest BCUT2D eigenvalue weighted by atomic mass is 79.9. The summed E-state index contributed by atoms with van der Waals surface area (Å²) in [6.07, 6.45) is 1.76. The summed E-state index contributed by atoms with van der Waals surface area (Å²) in [6, 6.07) is 9.20. The van der Waals surface area contributed by atoms with E-state index in [2.05, 4.69) is 20.9 Å². The van der Waals surface area contributed by atoms with Crippen molar-refractivity contribution in [2.24, 2.45) is 0 Å². The summed E-state index contributed by atoms with van der Waals surface area (Å²) in [5, 5.41) is 0.656. The van der Waals surface area contributed by atoms with Gasteiger partial charge in [0.15, 0.2) is 0 Å². The van der Waals surface area contributed by atoms with Crippen molar-refractivity contribution in [1.29, 1.82) is 0 Å². The van der Waals surface area contributed by atoms with Gasteiger partial charge in [-0.25, -0.2) is 4.98 Å².